The van der Waals surface area contributed by atoms with Crippen LogP contribution in [0.25, 0.3) is 10.7 Å². The van der Waals surface area contributed by atoms with E-state index in [9.17, 15) is 13.2 Å². The van der Waals surface area contributed by atoms with Crippen molar-refractivity contribution in [3.8, 4) is 10.7 Å². The normalized spacial score (nSPS) is 11.3. The summed E-state index contributed by atoms with van der Waals surface area (Å²) in [4.78, 5) is 15.7. The largest absolute Gasteiger partial charge is 0.490 e. The Balaban J connectivity index is 0.000000381. The van der Waals surface area contributed by atoms with Gasteiger partial charge in [0.15, 0.2) is 0 Å². The van der Waals surface area contributed by atoms with Gasteiger partial charge in [-0.2, -0.15) is 18.3 Å². The summed E-state index contributed by atoms with van der Waals surface area (Å²) in [6.45, 7) is 2.61. The monoisotopic (exact) mass is 379 g/mol. The molecular weight excluding hydrogens is 359 g/mol. The van der Waals surface area contributed by atoms with Crippen LogP contribution in [0.5, 0.6) is 0 Å². The van der Waals surface area contributed by atoms with E-state index >= 15 is 0 Å². The third-order valence-electron chi connectivity index (χ3n) is 2.90. The van der Waals surface area contributed by atoms with Crippen molar-refractivity contribution in [1.29, 1.82) is 0 Å². The van der Waals surface area contributed by atoms with Crippen LogP contribution in [0.2, 0.25) is 0 Å². The summed E-state index contributed by atoms with van der Waals surface area (Å²) in [6, 6.07) is 1.99. The van der Waals surface area contributed by atoms with Gasteiger partial charge in [0.25, 0.3) is 0 Å². The number of aryl methyl sites for hydroxylation is 1. The molecule has 2 aromatic rings. The van der Waals surface area contributed by atoms with Crippen LogP contribution >= 0.6 is 11.3 Å². The zero-order chi connectivity index (χ0) is 19.0. The fraction of sp³-hybridized carbons (Fsp3) is 0.500. The Hall–Kier alpha value is -1.98. The number of nitrogens with two attached hydrogens (primary N) is 1. The third-order valence-corrected chi connectivity index (χ3v) is 3.82. The second-order valence-electron chi connectivity index (χ2n) is 5.20. The first-order valence-corrected chi connectivity index (χ1v) is 8.14. The lowest BCUT2D eigenvalue weighted by atomic mass is 10.3. The van der Waals surface area contributed by atoms with Crippen molar-refractivity contribution >= 4 is 17.3 Å². The number of carboxylic acids is 1. The minimum Gasteiger partial charge on any atom is -0.475 e. The number of aliphatic carboxylic acids is 1. The summed E-state index contributed by atoms with van der Waals surface area (Å²) in [6.07, 6.45) is -2.13. The Morgan fingerprint density at radius 3 is 2.60 bits per heavy atom. The van der Waals surface area contributed by atoms with Gasteiger partial charge in [-0.1, -0.05) is 0 Å². The minimum absolute atomic E-state index is 0.737. The van der Waals surface area contributed by atoms with Crippen molar-refractivity contribution in [3.05, 3.63) is 23.3 Å². The van der Waals surface area contributed by atoms with E-state index in [1.807, 2.05) is 19.3 Å². The van der Waals surface area contributed by atoms with Gasteiger partial charge in [-0.05, 0) is 32.6 Å². The van der Waals surface area contributed by atoms with E-state index in [-0.39, 0.29) is 0 Å². The molecule has 0 amide bonds. The van der Waals surface area contributed by atoms with Crippen molar-refractivity contribution in [3.63, 3.8) is 0 Å². The van der Waals surface area contributed by atoms with Crippen LogP contribution in [0.15, 0.2) is 17.6 Å². The van der Waals surface area contributed by atoms with E-state index in [2.05, 4.69) is 27.4 Å². The predicted octanol–water partition coefficient (Wildman–Crippen LogP) is 1.96. The molecule has 3 N–H and O–H groups in total. The second-order valence-corrected chi connectivity index (χ2v) is 6.06. The van der Waals surface area contributed by atoms with Crippen molar-refractivity contribution in [2.75, 3.05) is 20.1 Å². The van der Waals surface area contributed by atoms with Gasteiger partial charge in [0.2, 0.25) is 0 Å². The number of alkyl halides is 3. The summed E-state index contributed by atoms with van der Waals surface area (Å²) < 4.78 is 33.5. The van der Waals surface area contributed by atoms with Gasteiger partial charge in [0, 0.05) is 25.2 Å². The summed E-state index contributed by atoms with van der Waals surface area (Å²) in [5.41, 5.74) is 7.54. The van der Waals surface area contributed by atoms with E-state index < -0.39 is 12.1 Å². The fourth-order valence-electron chi connectivity index (χ4n) is 1.74. The Morgan fingerprint density at radius 1 is 1.48 bits per heavy atom. The smallest absolute Gasteiger partial charge is 0.475 e. The van der Waals surface area contributed by atoms with Gasteiger partial charge in [-0.15, -0.1) is 11.3 Å². The second kappa shape index (κ2) is 9.49. The van der Waals surface area contributed by atoms with Crippen LogP contribution in [0.3, 0.4) is 0 Å². The highest BCUT2D eigenvalue weighted by Gasteiger charge is 2.38. The average molecular weight is 379 g/mol. The van der Waals surface area contributed by atoms with Crippen LogP contribution in [0.4, 0.5) is 13.2 Å². The maximum Gasteiger partial charge on any atom is 0.490 e. The number of carboxylic acid groups (broad SMARTS) is 1. The van der Waals surface area contributed by atoms with Crippen molar-refractivity contribution in [2.45, 2.75) is 19.1 Å². The molecule has 7 nitrogen and oxygen atoms in total. The summed E-state index contributed by atoms with van der Waals surface area (Å²) in [5, 5.41) is 14.6. The number of nitrogens with zero attached hydrogens (tertiary/aromatic N) is 4. The molecule has 0 saturated carbocycles. The van der Waals surface area contributed by atoms with E-state index in [1.54, 1.807) is 16.0 Å². The Morgan fingerprint density at radius 2 is 2.12 bits per heavy atom. The summed E-state index contributed by atoms with van der Waals surface area (Å²) >= 11 is 1.64. The molecular formula is C14H20F3N5O2S. The highest BCUT2D eigenvalue weighted by molar-refractivity contribution is 7.13. The van der Waals surface area contributed by atoms with Crippen LogP contribution in [-0.4, -0.2) is 57.1 Å². The Kier molecular flexibility index (Phi) is 8.00. The SMILES string of the molecule is CN(CCCN)Cc1csc(-c2ccn(C)n2)n1.O=C(O)C(F)(F)F. The summed E-state index contributed by atoms with van der Waals surface area (Å²) in [5.74, 6) is -2.76. The molecule has 2 aromatic heterocycles. The highest BCUT2D eigenvalue weighted by atomic mass is 32.1. The van der Waals surface area contributed by atoms with Crippen molar-refractivity contribution in [2.24, 2.45) is 12.8 Å². The molecule has 0 fully saturated rings. The molecule has 25 heavy (non-hydrogen) atoms. The van der Waals surface area contributed by atoms with E-state index in [0.717, 1.165) is 42.5 Å². The lowest BCUT2D eigenvalue weighted by Crippen LogP contribution is -2.21. The predicted molar refractivity (Wildman–Crippen MR) is 88.0 cm³/mol. The molecule has 0 aliphatic rings. The molecule has 0 atom stereocenters. The van der Waals surface area contributed by atoms with Crippen LogP contribution in [0, 0.1) is 0 Å². The summed E-state index contributed by atoms with van der Waals surface area (Å²) in [7, 11) is 4.01. The molecule has 0 unspecified atom stereocenters. The van der Waals surface area contributed by atoms with Crippen LogP contribution in [0.1, 0.15) is 12.1 Å². The first kappa shape index (κ1) is 21.1. The zero-order valence-corrected chi connectivity index (χ0v) is 14.6. The molecule has 0 aliphatic heterocycles. The van der Waals surface area contributed by atoms with Crippen molar-refractivity contribution in [1.82, 2.24) is 19.7 Å². The Bertz CT molecular complexity index is 671. The first-order valence-electron chi connectivity index (χ1n) is 7.26. The van der Waals surface area contributed by atoms with Crippen LogP contribution in [-0.2, 0) is 18.4 Å². The molecule has 0 aromatic carbocycles. The number of thiazole rings is 1. The first-order chi connectivity index (χ1) is 11.6. The molecule has 2 rings (SSSR count). The lowest BCUT2D eigenvalue weighted by molar-refractivity contribution is -0.192. The maximum atomic E-state index is 10.6. The maximum absolute atomic E-state index is 10.6. The topological polar surface area (TPSA) is 97.3 Å². The molecule has 11 heteroatoms. The number of hydrogen-bond acceptors (Lipinski definition) is 6. The molecule has 0 aliphatic carbocycles. The van der Waals surface area contributed by atoms with Gasteiger partial charge in [-0.25, -0.2) is 9.78 Å². The van der Waals surface area contributed by atoms with Gasteiger partial charge in [0.05, 0.1) is 5.69 Å². The van der Waals surface area contributed by atoms with E-state index in [4.69, 9.17) is 15.6 Å². The quantitative estimate of drug-likeness (QED) is 0.796. The van der Waals surface area contributed by atoms with E-state index in [0.29, 0.717) is 0 Å². The van der Waals surface area contributed by atoms with Crippen LogP contribution < -0.4 is 5.73 Å². The minimum atomic E-state index is -5.08. The zero-order valence-electron chi connectivity index (χ0n) is 13.8. The van der Waals surface area contributed by atoms with Gasteiger partial charge < -0.3 is 15.7 Å². The average Bonchev–Trinajstić information content (AvgIpc) is 3.13. The molecule has 140 valence electrons. The number of halogens is 3. The molecule has 0 bridgehead atoms. The third kappa shape index (κ3) is 7.63. The molecule has 0 saturated heterocycles. The molecule has 0 spiro atoms. The molecule has 2 heterocycles. The van der Waals surface area contributed by atoms with E-state index in [1.165, 1.54) is 0 Å². The highest BCUT2D eigenvalue weighted by Crippen LogP contribution is 2.22. The van der Waals surface area contributed by atoms with Gasteiger partial charge in [0.1, 0.15) is 10.7 Å². The Labute approximate surface area is 146 Å². The number of aromatic nitrogens is 3. The standard InChI is InChI=1S/C12H19N5S.C2HF3O2/c1-16(6-3-5-13)8-10-9-18-12(14-10)11-4-7-17(2)15-11;3-2(4,5)1(6)7/h4,7,9H,3,5-6,8,13H2,1-2H3;(H,6,7). The number of carbonyl (C=O) groups is 1. The van der Waals surface area contributed by atoms with Gasteiger partial charge in [-0.3, -0.25) is 4.68 Å². The fourth-order valence-corrected chi connectivity index (χ4v) is 2.52. The van der Waals surface area contributed by atoms with Crippen molar-refractivity contribution < 1.29 is 23.1 Å². The van der Waals surface area contributed by atoms with Gasteiger partial charge >= 0.3 is 12.1 Å². The number of hydrogen-bond donors (Lipinski definition) is 2. The lowest BCUT2D eigenvalue weighted by Gasteiger charge is -2.13. The number of rotatable bonds is 6. The molecule has 0 radical (unpaired) electrons.